The molecule has 1 aromatic carbocycles. The minimum atomic E-state index is -0.337. The number of nitrogens with one attached hydrogen (secondary N) is 1. The lowest BCUT2D eigenvalue weighted by Gasteiger charge is -2.24. The number of hydrogen-bond acceptors (Lipinski definition) is 4. The van der Waals surface area contributed by atoms with Crippen LogP contribution in [0.2, 0.25) is 0 Å². The van der Waals surface area contributed by atoms with E-state index in [1.54, 1.807) is 52.4 Å². The molecule has 0 bridgehead atoms. The minimum Gasteiger partial charge on any atom is -0.447 e. The van der Waals surface area contributed by atoms with Crippen LogP contribution in [-0.2, 0) is 4.74 Å². The third-order valence-electron chi connectivity index (χ3n) is 4.05. The number of thiophene rings is 1. The van der Waals surface area contributed by atoms with E-state index in [4.69, 9.17) is 4.74 Å². The number of carbonyl (C=O) groups excluding carboxylic acids is 2. The van der Waals surface area contributed by atoms with E-state index in [0.29, 0.717) is 18.8 Å². The molecule has 2 aromatic rings. The fourth-order valence-corrected chi connectivity index (χ4v) is 3.29. The number of carbonyl (C=O) groups is 2. The number of ether oxygens (including phenoxy) is 1. The Morgan fingerprint density at radius 3 is 2.67 bits per heavy atom. The monoisotopic (exact) mass is 345 g/mol. The van der Waals surface area contributed by atoms with Crippen molar-refractivity contribution in [1.29, 1.82) is 0 Å². The van der Waals surface area contributed by atoms with Crippen molar-refractivity contribution in [1.82, 2.24) is 4.90 Å². The van der Waals surface area contributed by atoms with Crippen LogP contribution in [0.1, 0.15) is 17.8 Å². The molecule has 1 saturated heterocycles. The smallest absolute Gasteiger partial charge is 0.414 e. The standard InChI is InChI=1S/C17H19N3O3S/c1-12(15-4-3-11-24-15)19(2)16(21)18-13-5-7-14(8-6-13)20-9-10-23-17(20)22/h3-8,11-12H,9-10H2,1-2H3,(H,18,21). The summed E-state index contributed by atoms with van der Waals surface area (Å²) in [5.74, 6) is 0. The van der Waals surface area contributed by atoms with E-state index in [1.165, 1.54) is 0 Å². The van der Waals surface area contributed by atoms with Crippen LogP contribution >= 0.6 is 11.3 Å². The fourth-order valence-electron chi connectivity index (χ4n) is 2.46. The molecule has 0 radical (unpaired) electrons. The van der Waals surface area contributed by atoms with Gasteiger partial charge in [-0.2, -0.15) is 0 Å². The molecule has 1 fully saturated rings. The molecule has 0 spiro atoms. The van der Waals surface area contributed by atoms with Crippen molar-refractivity contribution in [3.8, 4) is 0 Å². The predicted octanol–water partition coefficient (Wildman–Crippen LogP) is 3.93. The molecule has 24 heavy (non-hydrogen) atoms. The van der Waals surface area contributed by atoms with Crippen molar-refractivity contribution in [3.05, 3.63) is 46.7 Å². The Kier molecular flexibility index (Phi) is 4.71. The molecule has 7 heteroatoms. The highest BCUT2D eigenvalue weighted by atomic mass is 32.1. The summed E-state index contributed by atoms with van der Waals surface area (Å²) in [6.45, 7) is 2.95. The van der Waals surface area contributed by atoms with Crippen LogP contribution in [0, 0.1) is 0 Å². The van der Waals surface area contributed by atoms with E-state index < -0.39 is 0 Å². The first-order valence-electron chi connectivity index (χ1n) is 7.68. The molecule has 6 nitrogen and oxygen atoms in total. The molecule has 0 saturated carbocycles. The molecule has 1 aliphatic heterocycles. The molecule has 2 heterocycles. The van der Waals surface area contributed by atoms with E-state index in [2.05, 4.69) is 5.32 Å². The molecule has 126 valence electrons. The van der Waals surface area contributed by atoms with Gasteiger partial charge in [0.1, 0.15) is 6.61 Å². The van der Waals surface area contributed by atoms with Gasteiger partial charge in [0.2, 0.25) is 0 Å². The van der Waals surface area contributed by atoms with Gasteiger partial charge in [0.05, 0.1) is 12.6 Å². The summed E-state index contributed by atoms with van der Waals surface area (Å²) in [5.41, 5.74) is 1.44. The van der Waals surface area contributed by atoms with E-state index >= 15 is 0 Å². The zero-order chi connectivity index (χ0) is 17.1. The lowest BCUT2D eigenvalue weighted by atomic mass is 10.2. The molecule has 1 aromatic heterocycles. The van der Waals surface area contributed by atoms with Gasteiger partial charge in [0.15, 0.2) is 0 Å². The van der Waals surface area contributed by atoms with Crippen molar-refractivity contribution >= 4 is 34.8 Å². The van der Waals surface area contributed by atoms with E-state index in [1.807, 2.05) is 24.4 Å². The first-order valence-corrected chi connectivity index (χ1v) is 8.56. The fraction of sp³-hybridized carbons (Fsp3) is 0.294. The molecule has 3 rings (SSSR count). The first-order chi connectivity index (χ1) is 11.6. The zero-order valence-electron chi connectivity index (χ0n) is 13.6. The Morgan fingerprint density at radius 1 is 1.33 bits per heavy atom. The SMILES string of the molecule is CC(c1cccs1)N(C)C(=O)Nc1ccc(N2CCOC2=O)cc1. The van der Waals surface area contributed by atoms with Crippen molar-refractivity contribution in [2.24, 2.45) is 0 Å². The van der Waals surface area contributed by atoms with Crippen LogP contribution < -0.4 is 10.2 Å². The highest BCUT2D eigenvalue weighted by molar-refractivity contribution is 7.10. The Hall–Kier alpha value is -2.54. The van der Waals surface area contributed by atoms with Crippen LogP contribution in [0.4, 0.5) is 21.0 Å². The Morgan fingerprint density at radius 2 is 2.08 bits per heavy atom. The van der Waals surface area contributed by atoms with Crippen molar-refractivity contribution < 1.29 is 14.3 Å². The summed E-state index contributed by atoms with van der Waals surface area (Å²) in [6, 6.07) is 11.0. The van der Waals surface area contributed by atoms with Gasteiger partial charge in [0, 0.05) is 23.3 Å². The largest absolute Gasteiger partial charge is 0.447 e. The van der Waals surface area contributed by atoms with Crippen LogP contribution in [0.25, 0.3) is 0 Å². The number of anilines is 2. The number of rotatable bonds is 4. The number of urea groups is 1. The van der Waals surface area contributed by atoms with Gasteiger partial charge < -0.3 is 15.0 Å². The lowest BCUT2D eigenvalue weighted by molar-refractivity contribution is 0.181. The summed E-state index contributed by atoms with van der Waals surface area (Å²) < 4.78 is 4.92. The second-order valence-electron chi connectivity index (χ2n) is 5.55. The maximum Gasteiger partial charge on any atom is 0.414 e. The zero-order valence-corrected chi connectivity index (χ0v) is 14.4. The van der Waals surface area contributed by atoms with E-state index in [-0.39, 0.29) is 18.2 Å². The molecule has 3 amide bonds. The Balaban J connectivity index is 1.63. The van der Waals surface area contributed by atoms with Gasteiger partial charge in [-0.1, -0.05) is 6.07 Å². The summed E-state index contributed by atoms with van der Waals surface area (Å²) in [7, 11) is 1.77. The molecular weight excluding hydrogens is 326 g/mol. The Bertz CT molecular complexity index is 715. The second-order valence-corrected chi connectivity index (χ2v) is 6.52. The highest BCUT2D eigenvalue weighted by Gasteiger charge is 2.23. The van der Waals surface area contributed by atoms with E-state index in [9.17, 15) is 9.59 Å². The maximum atomic E-state index is 12.4. The molecule has 1 aliphatic rings. The summed E-state index contributed by atoms with van der Waals surface area (Å²) >= 11 is 1.63. The molecule has 1 atom stereocenters. The number of cyclic esters (lactones) is 1. The van der Waals surface area contributed by atoms with Gasteiger partial charge in [-0.3, -0.25) is 4.90 Å². The van der Waals surface area contributed by atoms with Crippen molar-refractivity contribution in [2.45, 2.75) is 13.0 Å². The summed E-state index contributed by atoms with van der Waals surface area (Å²) in [5, 5.41) is 4.87. The molecular formula is C17H19N3O3S. The van der Waals surface area contributed by atoms with Gasteiger partial charge >= 0.3 is 12.1 Å². The Labute approximate surface area is 144 Å². The van der Waals surface area contributed by atoms with E-state index in [0.717, 1.165) is 10.6 Å². The van der Waals surface area contributed by atoms with Crippen molar-refractivity contribution in [2.75, 3.05) is 30.4 Å². The predicted molar refractivity (Wildman–Crippen MR) is 94.7 cm³/mol. The van der Waals surface area contributed by atoms with Gasteiger partial charge in [-0.25, -0.2) is 9.59 Å². The van der Waals surface area contributed by atoms with Crippen molar-refractivity contribution in [3.63, 3.8) is 0 Å². The highest BCUT2D eigenvalue weighted by Crippen LogP contribution is 2.25. The molecule has 1 unspecified atom stereocenters. The third-order valence-corrected chi connectivity index (χ3v) is 5.09. The summed E-state index contributed by atoms with van der Waals surface area (Å²) in [6.07, 6.45) is -0.337. The lowest BCUT2D eigenvalue weighted by Crippen LogP contribution is -2.33. The van der Waals surface area contributed by atoms with Crippen LogP contribution in [0.15, 0.2) is 41.8 Å². The normalized spacial score (nSPS) is 15.1. The van der Waals surface area contributed by atoms with Gasteiger partial charge in [-0.05, 0) is 42.6 Å². The quantitative estimate of drug-likeness (QED) is 0.913. The summed E-state index contributed by atoms with van der Waals surface area (Å²) in [4.78, 5) is 28.3. The van der Waals surface area contributed by atoms with Gasteiger partial charge in [-0.15, -0.1) is 11.3 Å². The molecule has 0 aliphatic carbocycles. The number of hydrogen-bond donors (Lipinski definition) is 1. The third kappa shape index (κ3) is 3.35. The maximum absolute atomic E-state index is 12.4. The second kappa shape index (κ2) is 6.92. The molecule has 1 N–H and O–H groups in total. The van der Waals surface area contributed by atoms with Gasteiger partial charge in [0.25, 0.3) is 0 Å². The van der Waals surface area contributed by atoms with Crippen LogP contribution in [0.3, 0.4) is 0 Å². The first kappa shape index (κ1) is 16.3. The number of benzene rings is 1. The van der Waals surface area contributed by atoms with Crippen LogP contribution in [-0.4, -0.2) is 37.2 Å². The topological polar surface area (TPSA) is 61.9 Å². The number of amides is 3. The van der Waals surface area contributed by atoms with Crippen LogP contribution in [0.5, 0.6) is 0 Å². The average Bonchev–Trinajstić information content (AvgIpc) is 3.26. The minimum absolute atomic E-state index is 0.00337. The number of nitrogens with zero attached hydrogens (tertiary/aromatic N) is 2. The average molecular weight is 345 g/mol.